The number of nitrogens with zero attached hydrogens (tertiary/aromatic N) is 2. The first kappa shape index (κ1) is 16.9. The fourth-order valence-corrected chi connectivity index (χ4v) is 3.48. The van der Waals surface area contributed by atoms with Crippen LogP contribution in [0.25, 0.3) is 22.4 Å². The number of halogens is 1. The standard InChI is InChI=1S/C18H13BrN4O2S/c19-11-4-3-5-12(8-11)21-16(24)10-26-18-23-22-17(25-18)14-9-20-15-7-2-1-6-13(14)15/h1-9,20H,10H2,(H,21,24). The van der Waals surface area contributed by atoms with Gasteiger partial charge in [0, 0.05) is 27.3 Å². The van der Waals surface area contributed by atoms with Crippen molar-refractivity contribution in [2.45, 2.75) is 5.22 Å². The van der Waals surface area contributed by atoms with Crippen molar-refractivity contribution in [2.24, 2.45) is 0 Å². The minimum absolute atomic E-state index is 0.139. The number of carbonyl (C=O) groups is 1. The zero-order valence-corrected chi connectivity index (χ0v) is 15.8. The molecule has 1 amide bonds. The van der Waals surface area contributed by atoms with Gasteiger partial charge in [-0.2, -0.15) is 0 Å². The maximum atomic E-state index is 12.1. The summed E-state index contributed by atoms with van der Waals surface area (Å²) < 4.78 is 6.59. The molecule has 2 aromatic carbocycles. The van der Waals surface area contributed by atoms with E-state index in [2.05, 4.69) is 36.4 Å². The first-order chi connectivity index (χ1) is 12.7. The van der Waals surface area contributed by atoms with E-state index in [4.69, 9.17) is 4.42 Å². The number of aromatic nitrogens is 3. The summed E-state index contributed by atoms with van der Waals surface area (Å²) in [6, 6.07) is 15.3. The largest absolute Gasteiger partial charge is 0.411 e. The molecule has 0 spiro atoms. The number of para-hydroxylation sites is 1. The van der Waals surface area contributed by atoms with Gasteiger partial charge in [-0.3, -0.25) is 4.79 Å². The second kappa shape index (κ2) is 7.35. The van der Waals surface area contributed by atoms with Crippen molar-refractivity contribution in [1.82, 2.24) is 15.2 Å². The Morgan fingerprint density at radius 2 is 2.08 bits per heavy atom. The van der Waals surface area contributed by atoms with E-state index in [0.29, 0.717) is 11.1 Å². The van der Waals surface area contributed by atoms with Crippen LogP contribution >= 0.6 is 27.7 Å². The lowest BCUT2D eigenvalue weighted by Gasteiger charge is -2.03. The number of hydrogen-bond donors (Lipinski definition) is 2. The van der Waals surface area contributed by atoms with Crippen LogP contribution in [-0.4, -0.2) is 26.8 Å². The second-order valence-corrected chi connectivity index (χ2v) is 7.31. The molecule has 0 aliphatic carbocycles. The smallest absolute Gasteiger partial charge is 0.277 e. The number of nitrogens with one attached hydrogen (secondary N) is 2. The molecule has 2 aromatic heterocycles. The van der Waals surface area contributed by atoms with Crippen LogP contribution in [0, 0.1) is 0 Å². The van der Waals surface area contributed by atoms with E-state index in [0.717, 1.165) is 26.6 Å². The van der Waals surface area contributed by atoms with Crippen LogP contribution in [0.3, 0.4) is 0 Å². The molecule has 8 heteroatoms. The van der Waals surface area contributed by atoms with Crippen LogP contribution in [0.15, 0.2) is 68.8 Å². The highest BCUT2D eigenvalue weighted by atomic mass is 79.9. The number of anilines is 1. The molecule has 2 N–H and O–H groups in total. The van der Waals surface area contributed by atoms with Crippen molar-refractivity contribution in [3.63, 3.8) is 0 Å². The lowest BCUT2D eigenvalue weighted by Crippen LogP contribution is -2.13. The molecule has 4 rings (SSSR count). The van der Waals surface area contributed by atoms with Crippen molar-refractivity contribution in [3.05, 3.63) is 59.2 Å². The van der Waals surface area contributed by atoms with E-state index < -0.39 is 0 Å². The summed E-state index contributed by atoms with van der Waals surface area (Å²) in [5, 5.41) is 12.3. The third-order valence-electron chi connectivity index (χ3n) is 3.66. The van der Waals surface area contributed by atoms with Crippen LogP contribution in [-0.2, 0) is 4.79 Å². The van der Waals surface area contributed by atoms with Crippen LogP contribution in [0.1, 0.15) is 0 Å². The number of aromatic amines is 1. The van der Waals surface area contributed by atoms with Crippen molar-refractivity contribution < 1.29 is 9.21 Å². The monoisotopic (exact) mass is 428 g/mol. The van der Waals surface area contributed by atoms with Crippen molar-refractivity contribution in [3.8, 4) is 11.5 Å². The highest BCUT2D eigenvalue weighted by Crippen LogP contribution is 2.29. The Bertz CT molecular complexity index is 1080. The quantitative estimate of drug-likeness (QED) is 0.449. The zero-order valence-electron chi connectivity index (χ0n) is 13.4. The molecule has 130 valence electrons. The van der Waals surface area contributed by atoms with E-state index in [-0.39, 0.29) is 11.7 Å². The van der Waals surface area contributed by atoms with Gasteiger partial charge in [-0.15, -0.1) is 10.2 Å². The highest BCUT2D eigenvalue weighted by Gasteiger charge is 2.14. The lowest BCUT2D eigenvalue weighted by molar-refractivity contribution is -0.113. The summed E-state index contributed by atoms with van der Waals surface area (Å²) in [6.45, 7) is 0. The predicted octanol–water partition coefficient (Wildman–Crippen LogP) is 4.71. The van der Waals surface area contributed by atoms with E-state index in [1.165, 1.54) is 11.8 Å². The van der Waals surface area contributed by atoms with Crippen molar-refractivity contribution in [1.29, 1.82) is 0 Å². The van der Waals surface area contributed by atoms with Crippen LogP contribution in [0.2, 0.25) is 0 Å². The van der Waals surface area contributed by atoms with Crippen molar-refractivity contribution >= 4 is 50.2 Å². The van der Waals surface area contributed by atoms with Gasteiger partial charge >= 0.3 is 0 Å². The third kappa shape index (κ3) is 3.66. The number of hydrogen-bond acceptors (Lipinski definition) is 5. The minimum Gasteiger partial charge on any atom is -0.411 e. The summed E-state index contributed by atoms with van der Waals surface area (Å²) in [7, 11) is 0. The second-order valence-electron chi connectivity index (χ2n) is 5.47. The van der Waals surface area contributed by atoms with Crippen LogP contribution in [0.5, 0.6) is 0 Å². The molecule has 0 saturated heterocycles. The molecule has 4 aromatic rings. The first-order valence-corrected chi connectivity index (χ1v) is 9.55. The summed E-state index contributed by atoms with van der Waals surface area (Å²) in [5.41, 5.74) is 2.58. The lowest BCUT2D eigenvalue weighted by atomic mass is 10.2. The summed E-state index contributed by atoms with van der Waals surface area (Å²) in [5.74, 6) is 0.472. The van der Waals surface area contributed by atoms with Gasteiger partial charge in [0.2, 0.25) is 5.91 Å². The fourth-order valence-electron chi connectivity index (χ4n) is 2.52. The molecule has 26 heavy (non-hydrogen) atoms. The summed E-state index contributed by atoms with van der Waals surface area (Å²) in [6.07, 6.45) is 1.84. The molecule has 0 atom stereocenters. The van der Waals surface area contributed by atoms with Gasteiger partial charge in [0.15, 0.2) is 0 Å². The topological polar surface area (TPSA) is 83.8 Å². The van der Waals surface area contributed by atoms with Gasteiger partial charge in [0.1, 0.15) is 0 Å². The third-order valence-corrected chi connectivity index (χ3v) is 4.97. The zero-order chi connectivity index (χ0) is 17.9. The van der Waals surface area contributed by atoms with Gasteiger partial charge in [0.25, 0.3) is 11.1 Å². The van der Waals surface area contributed by atoms with Gasteiger partial charge in [-0.25, -0.2) is 0 Å². The van der Waals surface area contributed by atoms with E-state index >= 15 is 0 Å². The van der Waals surface area contributed by atoms with Gasteiger partial charge in [-0.05, 0) is 24.3 Å². The molecule has 0 bridgehead atoms. The molecule has 0 fully saturated rings. The molecule has 0 aliphatic heterocycles. The Morgan fingerprint density at radius 1 is 1.19 bits per heavy atom. The van der Waals surface area contributed by atoms with Crippen molar-refractivity contribution in [2.75, 3.05) is 11.1 Å². The average Bonchev–Trinajstić information content (AvgIpc) is 3.26. The Labute approximate surface area is 161 Å². The van der Waals surface area contributed by atoms with E-state index in [9.17, 15) is 4.79 Å². The predicted molar refractivity (Wildman–Crippen MR) is 105 cm³/mol. The number of fused-ring (bicyclic) bond motifs is 1. The number of carbonyl (C=O) groups excluding carboxylic acids is 1. The van der Waals surface area contributed by atoms with Gasteiger partial charge in [-0.1, -0.05) is 52.0 Å². The normalized spacial score (nSPS) is 11.0. The Kier molecular flexibility index (Phi) is 4.77. The molecule has 0 saturated carbocycles. The average molecular weight is 429 g/mol. The fraction of sp³-hybridized carbons (Fsp3) is 0.0556. The summed E-state index contributed by atoms with van der Waals surface area (Å²) in [4.78, 5) is 15.2. The molecule has 0 aliphatic rings. The van der Waals surface area contributed by atoms with Crippen LogP contribution in [0.4, 0.5) is 5.69 Å². The number of benzene rings is 2. The van der Waals surface area contributed by atoms with Gasteiger partial charge in [0.05, 0.1) is 11.3 Å². The van der Waals surface area contributed by atoms with E-state index in [1.807, 2.05) is 54.7 Å². The molecular weight excluding hydrogens is 416 g/mol. The highest BCUT2D eigenvalue weighted by molar-refractivity contribution is 9.10. The maximum Gasteiger partial charge on any atom is 0.277 e. The first-order valence-electron chi connectivity index (χ1n) is 7.77. The van der Waals surface area contributed by atoms with E-state index in [1.54, 1.807) is 0 Å². The number of H-pyrrole nitrogens is 1. The Morgan fingerprint density at radius 3 is 2.96 bits per heavy atom. The molecule has 0 unspecified atom stereocenters. The number of rotatable bonds is 5. The molecule has 6 nitrogen and oxygen atoms in total. The minimum atomic E-state index is -0.139. The molecule has 0 radical (unpaired) electrons. The maximum absolute atomic E-state index is 12.1. The Balaban J connectivity index is 1.41. The number of amides is 1. The molecule has 2 heterocycles. The molecular formula is C18H13BrN4O2S. The van der Waals surface area contributed by atoms with Crippen LogP contribution < -0.4 is 5.32 Å². The summed E-state index contributed by atoms with van der Waals surface area (Å²) >= 11 is 4.58. The Hall–Kier alpha value is -2.58. The van der Waals surface area contributed by atoms with Gasteiger partial charge < -0.3 is 14.7 Å². The number of thioether (sulfide) groups is 1. The SMILES string of the molecule is O=C(CSc1nnc(-c2c[nH]c3ccccc23)o1)Nc1cccc(Br)c1.